The summed E-state index contributed by atoms with van der Waals surface area (Å²) in [6.45, 7) is 0.250. The van der Waals surface area contributed by atoms with Gasteiger partial charge in [-0.3, -0.25) is 0 Å². The Hall–Kier alpha value is -1.50. The van der Waals surface area contributed by atoms with Crippen molar-refractivity contribution in [3.8, 4) is 0 Å². The Morgan fingerprint density at radius 2 is 0.889 bits per heavy atom. The van der Waals surface area contributed by atoms with Crippen molar-refractivity contribution in [2.24, 2.45) is 5.41 Å². The Kier molecular flexibility index (Phi) is 9.18. The zero-order valence-corrected chi connectivity index (χ0v) is 18.3. The van der Waals surface area contributed by atoms with Crippen LogP contribution in [-0.4, -0.2) is 11.7 Å². The summed E-state index contributed by atoms with van der Waals surface area (Å²) >= 11 is 0. The van der Waals surface area contributed by atoms with Crippen molar-refractivity contribution in [3.05, 3.63) is 108 Å². The van der Waals surface area contributed by atoms with Crippen LogP contribution in [0.15, 0.2) is 91.0 Å². The van der Waals surface area contributed by atoms with E-state index in [9.17, 15) is 5.11 Å². The molecule has 27 heavy (non-hydrogen) atoms. The first-order valence-corrected chi connectivity index (χ1v) is 9.52. The molecule has 3 aromatic rings. The molecule has 0 heterocycles. The standard InChI is InChI=1S/C25H28O.Zr/c26-18-10-17-25(19-22-11-4-1-5-12-22,20-23-13-6-2-7-14-23)21-24-15-8-3-9-16-24;/h1-9,11-16,26H,10,17-21H2;. The van der Waals surface area contributed by atoms with Crippen LogP contribution < -0.4 is 0 Å². The van der Waals surface area contributed by atoms with E-state index in [-0.39, 0.29) is 38.2 Å². The molecular weight excluding hydrogens is 407 g/mol. The van der Waals surface area contributed by atoms with Crippen LogP contribution in [0.25, 0.3) is 0 Å². The molecule has 0 spiro atoms. The van der Waals surface area contributed by atoms with Crippen molar-refractivity contribution >= 4 is 0 Å². The fourth-order valence-electron chi connectivity index (χ4n) is 3.99. The molecule has 138 valence electrons. The van der Waals surface area contributed by atoms with Gasteiger partial charge >= 0.3 is 0 Å². The molecule has 0 fully saturated rings. The number of benzene rings is 3. The monoisotopic (exact) mass is 434 g/mol. The molecule has 0 aliphatic heterocycles. The van der Waals surface area contributed by atoms with E-state index in [4.69, 9.17) is 0 Å². The van der Waals surface area contributed by atoms with E-state index in [0.717, 1.165) is 32.1 Å². The van der Waals surface area contributed by atoms with Gasteiger partial charge in [-0.15, -0.1) is 0 Å². The number of hydrogen-bond donors (Lipinski definition) is 1. The summed E-state index contributed by atoms with van der Waals surface area (Å²) in [4.78, 5) is 0. The Labute approximate surface area is 182 Å². The molecule has 0 bridgehead atoms. The van der Waals surface area contributed by atoms with E-state index in [1.54, 1.807) is 0 Å². The fraction of sp³-hybridized carbons (Fsp3) is 0.280. The van der Waals surface area contributed by atoms with Crippen LogP contribution in [0.1, 0.15) is 29.5 Å². The largest absolute Gasteiger partial charge is 0.396 e. The SMILES string of the molecule is OCCCC(Cc1ccccc1)(Cc1ccccc1)Cc1ccccc1.[Zr]. The summed E-state index contributed by atoms with van der Waals surface area (Å²) in [5.74, 6) is 0. The molecule has 0 unspecified atom stereocenters. The van der Waals surface area contributed by atoms with Crippen LogP contribution in [-0.2, 0) is 45.5 Å². The second-order valence-electron chi connectivity index (χ2n) is 7.31. The van der Waals surface area contributed by atoms with Crippen LogP contribution in [0.5, 0.6) is 0 Å². The summed E-state index contributed by atoms with van der Waals surface area (Å²) in [6.07, 6.45) is 4.93. The van der Waals surface area contributed by atoms with Crippen molar-refractivity contribution < 1.29 is 31.3 Å². The minimum absolute atomic E-state index is 0. The van der Waals surface area contributed by atoms with Gasteiger partial charge in [-0.1, -0.05) is 91.0 Å². The summed E-state index contributed by atoms with van der Waals surface area (Å²) in [5, 5.41) is 9.53. The molecule has 3 aromatic carbocycles. The third-order valence-corrected chi connectivity index (χ3v) is 5.13. The first-order chi connectivity index (χ1) is 12.8. The summed E-state index contributed by atoms with van der Waals surface area (Å²) in [5.41, 5.74) is 4.22. The van der Waals surface area contributed by atoms with Gasteiger partial charge in [0.25, 0.3) is 0 Å². The molecule has 0 saturated carbocycles. The first-order valence-electron chi connectivity index (χ1n) is 9.52. The Balaban J connectivity index is 0.00000261. The van der Waals surface area contributed by atoms with Crippen molar-refractivity contribution in [1.82, 2.24) is 0 Å². The summed E-state index contributed by atoms with van der Waals surface area (Å²) in [7, 11) is 0. The van der Waals surface area contributed by atoms with Crippen LogP contribution in [0.3, 0.4) is 0 Å². The molecule has 0 aliphatic rings. The van der Waals surface area contributed by atoms with Gasteiger partial charge in [0, 0.05) is 32.8 Å². The van der Waals surface area contributed by atoms with Crippen LogP contribution in [0.2, 0.25) is 0 Å². The smallest absolute Gasteiger partial charge is 0.0431 e. The number of rotatable bonds is 9. The predicted molar refractivity (Wildman–Crippen MR) is 109 cm³/mol. The van der Waals surface area contributed by atoms with Gasteiger partial charge in [-0.05, 0) is 54.2 Å². The normalized spacial score (nSPS) is 11.0. The maximum Gasteiger partial charge on any atom is 0.0431 e. The maximum absolute atomic E-state index is 9.53. The number of hydrogen-bond acceptors (Lipinski definition) is 1. The molecule has 1 nitrogen and oxygen atoms in total. The third-order valence-electron chi connectivity index (χ3n) is 5.13. The minimum atomic E-state index is 0. The average Bonchev–Trinajstić information content (AvgIpc) is 2.69. The summed E-state index contributed by atoms with van der Waals surface area (Å²) < 4.78 is 0. The van der Waals surface area contributed by atoms with Crippen molar-refractivity contribution in [2.45, 2.75) is 32.1 Å². The van der Waals surface area contributed by atoms with Crippen molar-refractivity contribution in [3.63, 3.8) is 0 Å². The molecular formula is C25H28OZr. The fourth-order valence-corrected chi connectivity index (χ4v) is 3.99. The second-order valence-corrected chi connectivity index (χ2v) is 7.31. The molecule has 3 rings (SSSR count). The molecule has 0 aromatic heterocycles. The van der Waals surface area contributed by atoms with Gasteiger partial charge in [0.15, 0.2) is 0 Å². The van der Waals surface area contributed by atoms with Gasteiger partial charge in [0.05, 0.1) is 0 Å². The van der Waals surface area contributed by atoms with E-state index in [1.165, 1.54) is 16.7 Å². The second kappa shape index (κ2) is 11.4. The summed E-state index contributed by atoms with van der Waals surface area (Å²) in [6, 6.07) is 32.3. The quantitative estimate of drug-likeness (QED) is 0.472. The van der Waals surface area contributed by atoms with Crippen LogP contribution >= 0.6 is 0 Å². The van der Waals surface area contributed by atoms with E-state index in [2.05, 4.69) is 91.0 Å². The Morgan fingerprint density at radius 1 is 0.556 bits per heavy atom. The topological polar surface area (TPSA) is 20.2 Å². The minimum Gasteiger partial charge on any atom is -0.396 e. The molecule has 0 amide bonds. The molecule has 2 heteroatoms. The molecule has 0 atom stereocenters. The molecule has 1 N–H and O–H groups in total. The van der Waals surface area contributed by atoms with Crippen molar-refractivity contribution in [2.75, 3.05) is 6.61 Å². The van der Waals surface area contributed by atoms with E-state index < -0.39 is 0 Å². The third kappa shape index (κ3) is 6.87. The molecule has 0 radical (unpaired) electrons. The number of aliphatic hydroxyl groups excluding tert-OH is 1. The molecule has 0 aliphatic carbocycles. The predicted octanol–water partition coefficient (Wildman–Crippen LogP) is 5.47. The Bertz CT molecular complexity index is 655. The maximum atomic E-state index is 9.53. The van der Waals surface area contributed by atoms with Gasteiger partial charge in [-0.25, -0.2) is 0 Å². The van der Waals surface area contributed by atoms with Gasteiger partial charge < -0.3 is 5.11 Å². The average molecular weight is 436 g/mol. The van der Waals surface area contributed by atoms with Gasteiger partial charge in [-0.2, -0.15) is 0 Å². The van der Waals surface area contributed by atoms with E-state index >= 15 is 0 Å². The zero-order chi connectivity index (χ0) is 18.1. The zero-order valence-electron chi connectivity index (χ0n) is 15.9. The Morgan fingerprint density at radius 3 is 1.19 bits per heavy atom. The van der Waals surface area contributed by atoms with Gasteiger partial charge in [0.1, 0.15) is 0 Å². The van der Waals surface area contributed by atoms with Crippen molar-refractivity contribution in [1.29, 1.82) is 0 Å². The molecule has 0 saturated heterocycles. The van der Waals surface area contributed by atoms with Crippen LogP contribution in [0.4, 0.5) is 0 Å². The first kappa shape index (κ1) is 21.8. The van der Waals surface area contributed by atoms with Gasteiger partial charge in [0.2, 0.25) is 0 Å². The van der Waals surface area contributed by atoms with E-state index in [1.807, 2.05) is 0 Å². The van der Waals surface area contributed by atoms with E-state index in [0.29, 0.717) is 0 Å². The van der Waals surface area contributed by atoms with Crippen LogP contribution in [0, 0.1) is 5.41 Å². The number of aliphatic hydroxyl groups is 1.